The van der Waals surface area contributed by atoms with Crippen molar-refractivity contribution in [2.24, 2.45) is 5.92 Å². The Hall–Kier alpha value is -2.36. The quantitative estimate of drug-likeness (QED) is 0.452. The Morgan fingerprint density at radius 2 is 2.00 bits per heavy atom. The zero-order valence-corrected chi connectivity index (χ0v) is 18.8. The highest BCUT2D eigenvalue weighted by Gasteiger charge is 2.48. The van der Waals surface area contributed by atoms with Gasteiger partial charge in [-0.25, -0.2) is 13.8 Å². The Morgan fingerprint density at radius 1 is 1.27 bits per heavy atom. The second-order valence-corrected chi connectivity index (χ2v) is 9.10. The molecule has 2 aliphatic carbocycles. The van der Waals surface area contributed by atoms with Gasteiger partial charge in [-0.2, -0.15) is 0 Å². The Bertz CT molecular complexity index is 913. The van der Waals surface area contributed by atoms with Crippen LogP contribution in [0.1, 0.15) is 43.7 Å². The number of imidazole rings is 1. The summed E-state index contributed by atoms with van der Waals surface area (Å²) in [6.45, 7) is 0.748. The van der Waals surface area contributed by atoms with Gasteiger partial charge in [0, 0.05) is 62.0 Å². The number of alkyl halides is 2. The summed E-state index contributed by atoms with van der Waals surface area (Å²) in [5.41, 5.74) is 1.65. The minimum atomic E-state index is -2.61. The average Bonchev–Trinajstić information content (AvgIpc) is 3.40. The molecule has 33 heavy (non-hydrogen) atoms. The summed E-state index contributed by atoms with van der Waals surface area (Å²) >= 11 is 0. The van der Waals surface area contributed by atoms with Crippen LogP contribution in [-0.4, -0.2) is 65.4 Å². The van der Waals surface area contributed by atoms with E-state index in [1.165, 1.54) is 0 Å². The molecule has 7 nitrogen and oxygen atoms in total. The minimum absolute atomic E-state index is 0.0730. The summed E-state index contributed by atoms with van der Waals surface area (Å²) in [6, 6.07) is 9.34. The number of hydrogen-bond acceptors (Lipinski definition) is 5. The smallest absolute Gasteiger partial charge is 0.248 e. The topological polar surface area (TPSA) is 99.3 Å². The van der Waals surface area contributed by atoms with Crippen molar-refractivity contribution >= 4 is 5.91 Å². The molecule has 2 aliphatic rings. The summed E-state index contributed by atoms with van der Waals surface area (Å²) < 4.78 is 32.3. The third-order valence-corrected chi connectivity index (χ3v) is 6.83. The molecule has 4 N–H and O–H groups in total. The van der Waals surface area contributed by atoms with Crippen LogP contribution in [0.5, 0.6) is 0 Å². The second-order valence-electron chi connectivity index (χ2n) is 9.10. The van der Waals surface area contributed by atoms with Gasteiger partial charge in [-0.15, -0.1) is 0 Å². The molecular formula is C24H32F2N4O3. The van der Waals surface area contributed by atoms with Crippen LogP contribution in [0.25, 0.3) is 11.4 Å². The van der Waals surface area contributed by atoms with E-state index in [4.69, 9.17) is 4.74 Å². The molecule has 4 rings (SSSR count). The molecule has 0 aliphatic heterocycles. The maximum atomic E-state index is 13.6. The molecule has 9 heteroatoms. The first-order chi connectivity index (χ1) is 15.9. The largest absolute Gasteiger partial charge is 0.392 e. The van der Waals surface area contributed by atoms with Gasteiger partial charge in [0.1, 0.15) is 5.82 Å². The summed E-state index contributed by atoms with van der Waals surface area (Å²) in [4.78, 5) is 20.6. The van der Waals surface area contributed by atoms with Crippen LogP contribution in [0.2, 0.25) is 0 Å². The first-order valence-corrected chi connectivity index (χ1v) is 11.6. The molecule has 2 aromatic rings. The molecule has 2 saturated carbocycles. The fourth-order valence-corrected chi connectivity index (χ4v) is 5.05. The lowest BCUT2D eigenvalue weighted by Crippen LogP contribution is -2.44. The second kappa shape index (κ2) is 10.3. The number of carbonyl (C=O) groups excluding carboxylic acids is 1. The van der Waals surface area contributed by atoms with Gasteiger partial charge >= 0.3 is 0 Å². The van der Waals surface area contributed by atoms with Gasteiger partial charge in [-0.1, -0.05) is 30.3 Å². The standard InChI is InChI=1S/C24H32F2N4O3/c1-33-12-11-27-23(32)17-13-18(29-16-7-9-24(25,26)10-8-16)20(21(17)31)19-14-28-22(30-19)15-5-3-2-4-6-15/h2-6,14,16-18,20-21,29,31H,7-13H2,1H3,(H,27,32)(H,28,30)/t17-,18+,20+,21+/m0/s1. The van der Waals surface area contributed by atoms with Gasteiger partial charge in [0.2, 0.25) is 11.8 Å². The number of rotatable bonds is 8. The van der Waals surface area contributed by atoms with Crippen molar-refractivity contribution in [2.45, 2.75) is 62.1 Å². The third kappa shape index (κ3) is 5.59. The normalized spacial score (nSPS) is 27.5. The maximum Gasteiger partial charge on any atom is 0.248 e. The average molecular weight is 463 g/mol. The van der Waals surface area contributed by atoms with Crippen LogP contribution in [0.15, 0.2) is 36.5 Å². The molecule has 1 amide bonds. The highest BCUT2D eigenvalue weighted by atomic mass is 19.3. The number of benzene rings is 1. The molecule has 2 fully saturated rings. The van der Waals surface area contributed by atoms with Crippen LogP contribution in [0.4, 0.5) is 8.78 Å². The summed E-state index contributed by atoms with van der Waals surface area (Å²) in [7, 11) is 1.56. The number of hydrogen-bond donors (Lipinski definition) is 4. The first-order valence-electron chi connectivity index (χ1n) is 11.6. The van der Waals surface area contributed by atoms with Crippen LogP contribution in [0.3, 0.4) is 0 Å². The van der Waals surface area contributed by atoms with E-state index in [0.29, 0.717) is 38.2 Å². The van der Waals surface area contributed by atoms with E-state index >= 15 is 0 Å². The highest BCUT2D eigenvalue weighted by molar-refractivity contribution is 5.80. The first kappa shape index (κ1) is 23.8. The predicted molar refractivity (Wildman–Crippen MR) is 120 cm³/mol. The minimum Gasteiger partial charge on any atom is -0.392 e. The summed E-state index contributed by atoms with van der Waals surface area (Å²) in [6.07, 6.45) is 1.63. The van der Waals surface area contributed by atoms with Gasteiger partial charge in [0.25, 0.3) is 0 Å². The lowest BCUT2D eigenvalue weighted by molar-refractivity contribution is -0.127. The number of methoxy groups -OCH3 is 1. The molecule has 1 heterocycles. The third-order valence-electron chi connectivity index (χ3n) is 6.83. The zero-order chi connectivity index (χ0) is 23.4. The van der Waals surface area contributed by atoms with Crippen molar-refractivity contribution in [3.63, 3.8) is 0 Å². The van der Waals surface area contributed by atoms with Crippen molar-refractivity contribution in [2.75, 3.05) is 20.3 Å². The van der Waals surface area contributed by atoms with Gasteiger partial charge < -0.3 is 25.5 Å². The van der Waals surface area contributed by atoms with Crippen LogP contribution < -0.4 is 10.6 Å². The summed E-state index contributed by atoms with van der Waals surface area (Å²) in [5, 5.41) is 17.5. The fraction of sp³-hybridized carbons (Fsp3) is 0.583. The Labute approximate surface area is 192 Å². The number of nitrogens with zero attached hydrogens (tertiary/aromatic N) is 1. The van der Waals surface area contributed by atoms with Crippen LogP contribution in [-0.2, 0) is 9.53 Å². The molecule has 0 spiro atoms. The number of aromatic nitrogens is 2. The zero-order valence-electron chi connectivity index (χ0n) is 18.8. The number of nitrogens with one attached hydrogen (secondary N) is 3. The number of carbonyl (C=O) groups is 1. The van der Waals surface area contributed by atoms with Crippen LogP contribution >= 0.6 is 0 Å². The van der Waals surface area contributed by atoms with Gasteiger partial charge in [-0.05, 0) is 19.3 Å². The summed E-state index contributed by atoms with van der Waals surface area (Å²) in [5.74, 6) is -3.17. The van der Waals surface area contributed by atoms with E-state index < -0.39 is 23.9 Å². The Balaban J connectivity index is 1.53. The predicted octanol–water partition coefficient (Wildman–Crippen LogP) is 2.84. The number of aromatic amines is 1. The van der Waals surface area contributed by atoms with Crippen molar-refractivity contribution in [3.8, 4) is 11.4 Å². The Kier molecular flexibility index (Phi) is 7.41. The van der Waals surface area contributed by atoms with E-state index in [0.717, 1.165) is 11.3 Å². The molecule has 1 aromatic heterocycles. The SMILES string of the molecule is COCCNC(=O)[C@H]1C[C@@H](NC2CCC(F)(F)CC2)[C@H](c2cnc(-c3ccccc3)[nH]2)[C@@H]1O. The highest BCUT2D eigenvalue weighted by Crippen LogP contribution is 2.41. The van der Waals surface area contributed by atoms with Gasteiger partial charge in [0.05, 0.1) is 18.6 Å². The number of H-pyrrole nitrogens is 1. The Morgan fingerprint density at radius 3 is 2.70 bits per heavy atom. The van der Waals surface area contributed by atoms with Crippen molar-refractivity contribution < 1.29 is 23.4 Å². The molecule has 0 unspecified atom stereocenters. The maximum absolute atomic E-state index is 13.6. The van der Waals surface area contributed by atoms with E-state index in [1.807, 2.05) is 30.3 Å². The number of aliphatic hydroxyl groups excluding tert-OH is 1. The number of amides is 1. The number of halogens is 2. The van der Waals surface area contributed by atoms with Crippen LogP contribution in [0, 0.1) is 5.92 Å². The fourth-order valence-electron chi connectivity index (χ4n) is 5.05. The molecule has 1 aromatic carbocycles. The lowest BCUT2D eigenvalue weighted by Gasteiger charge is -2.33. The lowest BCUT2D eigenvalue weighted by atomic mass is 9.90. The molecule has 0 radical (unpaired) electrons. The molecule has 0 saturated heterocycles. The van der Waals surface area contributed by atoms with Crippen molar-refractivity contribution in [3.05, 3.63) is 42.2 Å². The monoisotopic (exact) mass is 462 g/mol. The van der Waals surface area contributed by atoms with E-state index in [1.54, 1.807) is 13.3 Å². The van der Waals surface area contributed by atoms with E-state index in [-0.39, 0.29) is 30.8 Å². The van der Waals surface area contributed by atoms with Gasteiger partial charge in [-0.3, -0.25) is 4.79 Å². The van der Waals surface area contributed by atoms with E-state index in [9.17, 15) is 18.7 Å². The number of aliphatic hydroxyl groups is 1. The van der Waals surface area contributed by atoms with E-state index in [2.05, 4.69) is 20.6 Å². The van der Waals surface area contributed by atoms with Crippen molar-refractivity contribution in [1.29, 1.82) is 0 Å². The number of ether oxygens (including phenoxy) is 1. The van der Waals surface area contributed by atoms with Gasteiger partial charge in [0.15, 0.2) is 0 Å². The molecular weight excluding hydrogens is 430 g/mol. The molecule has 0 bridgehead atoms. The molecule has 4 atom stereocenters. The molecule has 180 valence electrons. The van der Waals surface area contributed by atoms with Crippen molar-refractivity contribution in [1.82, 2.24) is 20.6 Å².